The third-order valence-electron chi connectivity index (χ3n) is 5.12. The van der Waals surface area contributed by atoms with Crippen LogP contribution in [0.3, 0.4) is 0 Å². The molecule has 1 aromatic carbocycles. The Hall–Kier alpha value is -2.38. The first-order valence-electron chi connectivity index (χ1n) is 9.82. The van der Waals surface area contributed by atoms with E-state index < -0.39 is 0 Å². The zero-order valence-corrected chi connectivity index (χ0v) is 18.2. The molecule has 0 atom stereocenters. The molecule has 1 saturated heterocycles. The molecule has 4 rings (SSSR count). The first kappa shape index (κ1) is 19.9. The van der Waals surface area contributed by atoms with Crippen molar-refractivity contribution in [3.8, 4) is 0 Å². The molecule has 1 fully saturated rings. The maximum atomic E-state index is 12.7. The van der Waals surface area contributed by atoms with Crippen LogP contribution < -0.4 is 10.2 Å². The molecule has 0 saturated carbocycles. The zero-order valence-electron chi connectivity index (χ0n) is 16.6. The van der Waals surface area contributed by atoms with Crippen molar-refractivity contribution in [2.24, 2.45) is 0 Å². The van der Waals surface area contributed by atoms with Crippen LogP contribution in [0.1, 0.15) is 17.6 Å². The van der Waals surface area contributed by atoms with Crippen molar-refractivity contribution < 1.29 is 4.79 Å². The number of rotatable bonds is 5. The van der Waals surface area contributed by atoms with E-state index in [9.17, 15) is 4.79 Å². The van der Waals surface area contributed by atoms with Gasteiger partial charge in [-0.05, 0) is 37.6 Å². The molecule has 0 spiro atoms. The number of halogens is 1. The van der Waals surface area contributed by atoms with E-state index in [1.165, 1.54) is 4.88 Å². The number of amides is 1. The average molecular weight is 430 g/mol. The van der Waals surface area contributed by atoms with Crippen LogP contribution in [0.15, 0.2) is 30.3 Å². The summed E-state index contributed by atoms with van der Waals surface area (Å²) in [7, 11) is 0. The highest BCUT2D eigenvalue weighted by Crippen LogP contribution is 2.29. The predicted molar refractivity (Wildman–Crippen MR) is 120 cm³/mol. The number of thiophene rings is 1. The predicted octanol–water partition coefficient (Wildman–Crippen LogP) is 3.98. The highest BCUT2D eigenvalue weighted by Gasteiger charge is 2.21. The minimum absolute atomic E-state index is 0.0890. The van der Waals surface area contributed by atoms with Gasteiger partial charge >= 0.3 is 0 Å². The van der Waals surface area contributed by atoms with Crippen molar-refractivity contribution >= 4 is 50.6 Å². The number of carbonyl (C=O) groups is 1. The third kappa shape index (κ3) is 4.46. The molecular weight excluding hydrogens is 406 g/mol. The largest absolute Gasteiger partial charge is 0.368 e. The topological polar surface area (TPSA) is 61.4 Å². The van der Waals surface area contributed by atoms with Crippen LogP contribution in [0.2, 0.25) is 5.02 Å². The van der Waals surface area contributed by atoms with E-state index in [-0.39, 0.29) is 12.5 Å². The molecule has 1 aliphatic heterocycles. The fraction of sp³-hybridized carbons (Fsp3) is 0.381. The number of aromatic nitrogens is 2. The van der Waals surface area contributed by atoms with E-state index in [0.29, 0.717) is 18.9 Å². The lowest BCUT2D eigenvalue weighted by Crippen LogP contribution is -2.50. The summed E-state index contributed by atoms with van der Waals surface area (Å²) in [6.07, 6.45) is 0.968. The first-order valence-corrected chi connectivity index (χ1v) is 11.0. The molecule has 2 aromatic heterocycles. The van der Waals surface area contributed by atoms with Crippen molar-refractivity contribution in [3.63, 3.8) is 0 Å². The Morgan fingerprint density at radius 2 is 2.00 bits per heavy atom. The Morgan fingerprint density at radius 1 is 1.21 bits per heavy atom. The van der Waals surface area contributed by atoms with Crippen molar-refractivity contribution in [2.45, 2.75) is 20.3 Å². The molecular formula is C21H24ClN5OS. The van der Waals surface area contributed by atoms with E-state index in [4.69, 9.17) is 11.6 Å². The number of hydrogen-bond acceptors (Lipinski definition) is 6. The Balaban J connectivity index is 1.37. The van der Waals surface area contributed by atoms with Crippen molar-refractivity contribution in [1.29, 1.82) is 0 Å². The number of nitrogens with zero attached hydrogens (tertiary/aromatic N) is 4. The molecule has 29 heavy (non-hydrogen) atoms. The van der Waals surface area contributed by atoms with Crippen LogP contribution in [0.25, 0.3) is 10.2 Å². The second-order valence-corrected chi connectivity index (χ2v) is 8.66. The lowest BCUT2D eigenvalue weighted by atomic mass is 10.2. The van der Waals surface area contributed by atoms with Crippen LogP contribution in [0.4, 0.5) is 11.5 Å². The normalized spacial score (nSPS) is 14.4. The molecule has 6 nitrogen and oxygen atoms in total. The summed E-state index contributed by atoms with van der Waals surface area (Å²) >= 11 is 7.78. The second-order valence-electron chi connectivity index (χ2n) is 7.11. The summed E-state index contributed by atoms with van der Waals surface area (Å²) in [5, 5.41) is 4.98. The lowest BCUT2D eigenvalue weighted by molar-refractivity contribution is -0.129. The average Bonchev–Trinajstić information content (AvgIpc) is 3.15. The number of aryl methyl sites for hydroxylation is 2. The number of carbonyl (C=O) groups excluding carboxylic acids is 1. The molecule has 1 amide bonds. The van der Waals surface area contributed by atoms with Gasteiger partial charge in [0, 0.05) is 41.8 Å². The second kappa shape index (κ2) is 8.55. The van der Waals surface area contributed by atoms with Crippen LogP contribution in [0.5, 0.6) is 0 Å². The number of anilines is 2. The summed E-state index contributed by atoms with van der Waals surface area (Å²) in [5.74, 6) is 1.55. The SMILES string of the molecule is CCc1cc2c(NCC(=O)N3CCN(c4cccc(Cl)c4)CC3)nc(C)nc2s1. The number of fused-ring (bicyclic) bond motifs is 1. The van der Waals surface area contributed by atoms with Gasteiger partial charge in [-0.25, -0.2) is 9.97 Å². The lowest BCUT2D eigenvalue weighted by Gasteiger charge is -2.36. The molecule has 0 bridgehead atoms. The molecule has 0 unspecified atom stereocenters. The van der Waals surface area contributed by atoms with E-state index >= 15 is 0 Å². The van der Waals surface area contributed by atoms with E-state index in [2.05, 4.69) is 39.2 Å². The van der Waals surface area contributed by atoms with Gasteiger partial charge in [0.1, 0.15) is 16.5 Å². The highest BCUT2D eigenvalue weighted by atomic mass is 35.5. The molecule has 0 radical (unpaired) electrons. The van der Waals surface area contributed by atoms with Crippen molar-refractivity contribution in [1.82, 2.24) is 14.9 Å². The van der Waals surface area contributed by atoms with E-state index in [1.807, 2.05) is 30.0 Å². The molecule has 152 valence electrons. The minimum atomic E-state index is 0.0890. The molecule has 1 N–H and O–H groups in total. The fourth-order valence-electron chi connectivity index (χ4n) is 3.55. The Bertz CT molecular complexity index is 1030. The van der Waals surface area contributed by atoms with Gasteiger partial charge in [0.25, 0.3) is 0 Å². The quantitative estimate of drug-likeness (QED) is 0.664. The number of benzene rings is 1. The van der Waals surface area contributed by atoms with Gasteiger partial charge in [-0.2, -0.15) is 0 Å². The molecule has 3 aromatic rings. The molecule has 8 heteroatoms. The first-order chi connectivity index (χ1) is 14.0. The number of hydrogen-bond donors (Lipinski definition) is 1. The molecule has 3 heterocycles. The van der Waals surface area contributed by atoms with Crippen LogP contribution in [-0.4, -0.2) is 53.5 Å². The van der Waals surface area contributed by atoms with Gasteiger partial charge in [0.05, 0.1) is 11.9 Å². The van der Waals surface area contributed by atoms with Crippen molar-refractivity contribution in [3.05, 3.63) is 46.1 Å². The van der Waals surface area contributed by atoms with Crippen molar-refractivity contribution in [2.75, 3.05) is 42.9 Å². The van der Waals surface area contributed by atoms with Gasteiger partial charge in [-0.15, -0.1) is 11.3 Å². The monoisotopic (exact) mass is 429 g/mol. The summed E-state index contributed by atoms with van der Waals surface area (Å²) in [6.45, 7) is 7.24. The van der Waals surface area contributed by atoms with E-state index in [0.717, 1.165) is 46.3 Å². The fourth-order valence-corrected chi connectivity index (χ4v) is 4.74. The van der Waals surface area contributed by atoms with Crippen LogP contribution >= 0.6 is 22.9 Å². The zero-order chi connectivity index (χ0) is 20.4. The highest BCUT2D eigenvalue weighted by molar-refractivity contribution is 7.18. The number of nitrogens with one attached hydrogen (secondary N) is 1. The van der Waals surface area contributed by atoms with Gasteiger partial charge in [-0.1, -0.05) is 24.6 Å². The summed E-state index contributed by atoms with van der Waals surface area (Å²) in [5.41, 5.74) is 1.10. The minimum Gasteiger partial charge on any atom is -0.368 e. The van der Waals surface area contributed by atoms with Gasteiger partial charge in [-0.3, -0.25) is 4.79 Å². The summed E-state index contributed by atoms with van der Waals surface area (Å²) in [6, 6.07) is 9.97. The Labute approximate surface area is 179 Å². The third-order valence-corrected chi connectivity index (χ3v) is 6.53. The van der Waals surface area contributed by atoms with Crippen LogP contribution in [-0.2, 0) is 11.2 Å². The van der Waals surface area contributed by atoms with Gasteiger partial charge < -0.3 is 15.1 Å². The number of piperazine rings is 1. The summed E-state index contributed by atoms with van der Waals surface area (Å²) in [4.78, 5) is 28.2. The van der Waals surface area contributed by atoms with Gasteiger partial charge in [0.15, 0.2) is 0 Å². The maximum Gasteiger partial charge on any atom is 0.242 e. The molecule has 1 aliphatic rings. The smallest absolute Gasteiger partial charge is 0.242 e. The Morgan fingerprint density at radius 3 is 2.72 bits per heavy atom. The Kier molecular flexibility index (Phi) is 5.87. The maximum absolute atomic E-state index is 12.7. The van der Waals surface area contributed by atoms with Crippen LogP contribution in [0, 0.1) is 6.92 Å². The van der Waals surface area contributed by atoms with E-state index in [1.54, 1.807) is 11.3 Å². The molecule has 0 aliphatic carbocycles. The summed E-state index contributed by atoms with van der Waals surface area (Å²) < 4.78 is 0. The van der Waals surface area contributed by atoms with Gasteiger partial charge in [0.2, 0.25) is 5.91 Å². The standard InChI is InChI=1S/C21H24ClN5OS/c1-3-17-12-18-20(24-14(2)25-21(18)29-17)23-13-19(28)27-9-7-26(8-10-27)16-6-4-5-15(22)11-16/h4-6,11-12H,3,7-10,13H2,1-2H3,(H,23,24,25).